The number of methoxy groups -OCH3 is 1. The molecule has 0 amide bonds. The van der Waals surface area contributed by atoms with Crippen molar-refractivity contribution in [3.63, 3.8) is 0 Å². The van der Waals surface area contributed by atoms with E-state index >= 15 is 0 Å². The molecule has 2 heterocycles. The molecule has 4 rings (SSSR count). The minimum atomic E-state index is -0.373. The van der Waals surface area contributed by atoms with Crippen molar-refractivity contribution in [3.05, 3.63) is 57.2 Å². The fourth-order valence-electron chi connectivity index (χ4n) is 4.09. The van der Waals surface area contributed by atoms with Gasteiger partial charge in [0.2, 0.25) is 0 Å². The van der Waals surface area contributed by atoms with Crippen LogP contribution in [-0.4, -0.2) is 18.9 Å². The van der Waals surface area contributed by atoms with Crippen molar-refractivity contribution in [2.75, 3.05) is 7.11 Å². The number of carbonyl (C=O) groups is 2. The second-order valence-electron chi connectivity index (χ2n) is 6.84. The van der Waals surface area contributed by atoms with Crippen LogP contribution in [0, 0.1) is 6.92 Å². The molecule has 0 saturated carbocycles. The minimum Gasteiger partial charge on any atom is -0.466 e. The highest BCUT2D eigenvalue weighted by Gasteiger charge is 2.40. The Morgan fingerprint density at radius 1 is 1.23 bits per heavy atom. The lowest BCUT2D eigenvalue weighted by Crippen LogP contribution is -2.34. The number of benzene rings is 1. The first kappa shape index (κ1) is 17.0. The van der Waals surface area contributed by atoms with E-state index in [0.29, 0.717) is 12.0 Å². The van der Waals surface area contributed by atoms with Gasteiger partial charge in [-0.25, -0.2) is 4.79 Å². The molecule has 0 bridgehead atoms. The molecule has 0 radical (unpaired) electrons. The Hall–Kier alpha value is -2.40. The van der Waals surface area contributed by atoms with Gasteiger partial charge in [-0.1, -0.05) is 18.2 Å². The Kier molecular flexibility index (Phi) is 4.19. The number of nitrogens with one attached hydrogen (secondary N) is 1. The van der Waals surface area contributed by atoms with Crippen LogP contribution in [0.1, 0.15) is 42.5 Å². The Morgan fingerprint density at radius 3 is 2.73 bits per heavy atom. The molecule has 5 heteroatoms. The van der Waals surface area contributed by atoms with Crippen molar-refractivity contribution in [2.24, 2.45) is 0 Å². The fraction of sp³-hybridized carbons (Fsp3) is 0.333. The number of hydrogen-bond acceptors (Lipinski definition) is 5. The summed E-state index contributed by atoms with van der Waals surface area (Å²) in [5.74, 6) is -0.583. The third-order valence-corrected chi connectivity index (χ3v) is 6.66. The number of thiophene rings is 1. The summed E-state index contributed by atoms with van der Waals surface area (Å²) in [6, 6.07) is 8.22. The van der Waals surface area contributed by atoms with Crippen LogP contribution in [0.4, 0.5) is 0 Å². The van der Waals surface area contributed by atoms with Gasteiger partial charge in [-0.15, -0.1) is 11.3 Å². The van der Waals surface area contributed by atoms with Crippen LogP contribution in [0.25, 0.3) is 10.1 Å². The topological polar surface area (TPSA) is 55.4 Å². The number of allylic oxidation sites excluding steroid dienone is 3. The van der Waals surface area contributed by atoms with E-state index < -0.39 is 0 Å². The van der Waals surface area contributed by atoms with Gasteiger partial charge in [-0.05, 0) is 43.7 Å². The number of Topliss-reactive ketones (excluding diaryl/α,β-unsaturated/α-hetero) is 1. The second kappa shape index (κ2) is 6.40. The Balaban J connectivity index is 1.99. The standard InChI is InChI=1S/C21H21NO3S/c1-11-13-7-4-5-10-16(13)26-20(11)19-17(21(24)25-3)12(2)22-14-8-6-9-15(23)18(14)19/h4-5,7,10,19,22H,6,8-9H2,1-3H3/t19-/m0/s1. The van der Waals surface area contributed by atoms with Gasteiger partial charge in [0.05, 0.1) is 18.6 Å². The van der Waals surface area contributed by atoms with E-state index in [1.165, 1.54) is 17.2 Å². The smallest absolute Gasteiger partial charge is 0.336 e. The maximum absolute atomic E-state index is 12.8. The van der Waals surface area contributed by atoms with Gasteiger partial charge in [0.1, 0.15) is 0 Å². The Morgan fingerprint density at radius 2 is 2.00 bits per heavy atom. The zero-order chi connectivity index (χ0) is 18.4. The summed E-state index contributed by atoms with van der Waals surface area (Å²) in [5, 5.41) is 4.49. The summed E-state index contributed by atoms with van der Waals surface area (Å²) >= 11 is 1.67. The summed E-state index contributed by atoms with van der Waals surface area (Å²) < 4.78 is 6.25. The monoisotopic (exact) mass is 367 g/mol. The number of ether oxygens (including phenoxy) is 1. The number of esters is 1. The van der Waals surface area contributed by atoms with Crippen molar-refractivity contribution < 1.29 is 14.3 Å². The van der Waals surface area contributed by atoms with Crippen molar-refractivity contribution in [1.82, 2.24) is 5.32 Å². The molecule has 1 atom stereocenters. The summed E-state index contributed by atoms with van der Waals surface area (Å²) in [6.07, 6.45) is 2.23. The summed E-state index contributed by atoms with van der Waals surface area (Å²) in [6.45, 7) is 3.97. The van der Waals surface area contributed by atoms with E-state index in [1.54, 1.807) is 11.3 Å². The Labute approximate surface area is 156 Å². The highest BCUT2D eigenvalue weighted by Crippen LogP contribution is 2.47. The van der Waals surface area contributed by atoms with Crippen LogP contribution < -0.4 is 5.32 Å². The zero-order valence-electron chi connectivity index (χ0n) is 15.1. The first-order valence-corrected chi connectivity index (χ1v) is 9.65. The molecule has 26 heavy (non-hydrogen) atoms. The first-order chi connectivity index (χ1) is 12.5. The predicted molar refractivity (Wildman–Crippen MR) is 103 cm³/mol. The van der Waals surface area contributed by atoms with Crippen LogP contribution in [-0.2, 0) is 14.3 Å². The number of hydrogen-bond donors (Lipinski definition) is 1. The molecule has 0 saturated heterocycles. The summed E-state index contributed by atoms with van der Waals surface area (Å²) in [7, 11) is 1.39. The SMILES string of the molecule is COC(=O)C1=C(C)NC2=C(C(=O)CCC2)[C@H]1c1sc2ccccc2c1C. The molecule has 2 aromatic rings. The van der Waals surface area contributed by atoms with Gasteiger partial charge in [0.25, 0.3) is 0 Å². The molecule has 134 valence electrons. The molecule has 0 unspecified atom stereocenters. The van der Waals surface area contributed by atoms with Gasteiger partial charge in [-0.3, -0.25) is 4.79 Å². The number of aryl methyl sites for hydroxylation is 1. The van der Waals surface area contributed by atoms with Crippen LogP contribution in [0.5, 0.6) is 0 Å². The lowest BCUT2D eigenvalue weighted by atomic mass is 9.77. The number of fused-ring (bicyclic) bond motifs is 1. The number of rotatable bonds is 2. The van der Waals surface area contributed by atoms with E-state index in [1.807, 2.05) is 19.1 Å². The lowest BCUT2D eigenvalue weighted by molar-refractivity contribution is -0.136. The van der Waals surface area contributed by atoms with E-state index in [9.17, 15) is 9.59 Å². The largest absolute Gasteiger partial charge is 0.466 e. The number of dihydropyridines is 1. The third kappa shape index (κ3) is 2.50. The predicted octanol–water partition coefficient (Wildman–Crippen LogP) is 4.35. The Bertz CT molecular complexity index is 996. The van der Waals surface area contributed by atoms with Gasteiger partial charge in [0.15, 0.2) is 5.78 Å². The summed E-state index contributed by atoms with van der Waals surface area (Å²) in [4.78, 5) is 26.5. The maximum atomic E-state index is 12.8. The molecule has 4 nitrogen and oxygen atoms in total. The highest BCUT2D eigenvalue weighted by atomic mass is 32.1. The molecule has 0 spiro atoms. The quantitative estimate of drug-likeness (QED) is 0.802. The first-order valence-electron chi connectivity index (χ1n) is 8.83. The van der Waals surface area contributed by atoms with Gasteiger partial charge >= 0.3 is 5.97 Å². The van der Waals surface area contributed by atoms with Crippen molar-refractivity contribution in [3.8, 4) is 0 Å². The second-order valence-corrected chi connectivity index (χ2v) is 7.93. The van der Waals surface area contributed by atoms with Gasteiger partial charge in [0, 0.05) is 33.0 Å². The average Bonchev–Trinajstić information content (AvgIpc) is 2.97. The molecule has 2 aliphatic rings. The molecule has 1 aromatic carbocycles. The maximum Gasteiger partial charge on any atom is 0.336 e. The highest BCUT2D eigenvalue weighted by molar-refractivity contribution is 7.19. The van der Waals surface area contributed by atoms with Crippen molar-refractivity contribution >= 4 is 33.2 Å². The van der Waals surface area contributed by atoms with Gasteiger partial charge < -0.3 is 10.1 Å². The molecular weight excluding hydrogens is 346 g/mol. The van der Waals surface area contributed by atoms with Crippen LogP contribution in [0.2, 0.25) is 0 Å². The molecule has 1 aliphatic heterocycles. The van der Waals surface area contributed by atoms with E-state index in [-0.39, 0.29) is 17.7 Å². The molecule has 1 aliphatic carbocycles. The fourth-order valence-corrected chi connectivity index (χ4v) is 5.43. The molecular formula is C21H21NO3S. The van der Waals surface area contributed by atoms with E-state index in [2.05, 4.69) is 24.4 Å². The molecule has 1 N–H and O–H groups in total. The van der Waals surface area contributed by atoms with Crippen LogP contribution >= 0.6 is 11.3 Å². The van der Waals surface area contributed by atoms with Crippen LogP contribution in [0.15, 0.2) is 46.8 Å². The molecule has 1 aromatic heterocycles. The van der Waals surface area contributed by atoms with Crippen LogP contribution in [0.3, 0.4) is 0 Å². The lowest BCUT2D eigenvalue weighted by Gasteiger charge is -2.33. The number of carbonyl (C=O) groups excluding carboxylic acids is 2. The van der Waals surface area contributed by atoms with E-state index in [4.69, 9.17) is 4.74 Å². The normalized spacial score (nSPS) is 20.3. The average molecular weight is 367 g/mol. The van der Waals surface area contributed by atoms with Crippen molar-refractivity contribution in [1.29, 1.82) is 0 Å². The van der Waals surface area contributed by atoms with Crippen molar-refractivity contribution in [2.45, 2.75) is 39.0 Å². The molecule has 0 fully saturated rings. The third-order valence-electron chi connectivity index (χ3n) is 5.32. The number of ketones is 1. The minimum absolute atomic E-state index is 0.134. The summed E-state index contributed by atoms with van der Waals surface area (Å²) in [5.41, 5.74) is 4.19. The van der Waals surface area contributed by atoms with Gasteiger partial charge in [-0.2, -0.15) is 0 Å². The van der Waals surface area contributed by atoms with E-state index in [0.717, 1.165) is 40.2 Å². The zero-order valence-corrected chi connectivity index (χ0v) is 16.0.